The standard InChI is InChI=1S/C24H27N5O/c1-3-5-10-22-27-29-16-19(4-2)26-24(29)28(22)15-17-11-13-18(14-12-17)20-8-6-7-9-21(20)23(25)30/h6-9,11-14,16H,3-5,10,15H2,1-2H3,(H2,25,30). The van der Waals surface area contributed by atoms with E-state index < -0.39 is 5.91 Å². The van der Waals surface area contributed by atoms with E-state index in [9.17, 15) is 4.79 Å². The lowest BCUT2D eigenvalue weighted by Crippen LogP contribution is -2.12. The molecule has 0 bridgehead atoms. The molecule has 2 aromatic carbocycles. The maximum absolute atomic E-state index is 11.8. The third kappa shape index (κ3) is 3.85. The number of hydrogen-bond donors (Lipinski definition) is 1. The topological polar surface area (TPSA) is 78.2 Å². The van der Waals surface area contributed by atoms with Crippen molar-refractivity contribution in [3.05, 3.63) is 77.4 Å². The second kappa shape index (κ2) is 8.53. The SMILES string of the molecule is CCCCc1nn2cc(CC)nc2n1Cc1ccc(-c2ccccc2C(N)=O)cc1. The van der Waals surface area contributed by atoms with E-state index in [-0.39, 0.29) is 0 Å². The number of fused-ring (bicyclic) bond motifs is 1. The molecule has 0 aliphatic carbocycles. The van der Waals surface area contributed by atoms with Gasteiger partial charge in [0.2, 0.25) is 11.7 Å². The van der Waals surface area contributed by atoms with Crippen molar-refractivity contribution in [1.29, 1.82) is 0 Å². The molecular weight excluding hydrogens is 374 g/mol. The smallest absolute Gasteiger partial charge is 0.249 e. The zero-order valence-electron chi connectivity index (χ0n) is 17.5. The summed E-state index contributed by atoms with van der Waals surface area (Å²) in [6.45, 7) is 5.00. The van der Waals surface area contributed by atoms with E-state index >= 15 is 0 Å². The molecule has 0 saturated carbocycles. The van der Waals surface area contributed by atoms with Gasteiger partial charge in [0.25, 0.3) is 0 Å². The fourth-order valence-electron chi connectivity index (χ4n) is 3.73. The highest BCUT2D eigenvalue weighted by molar-refractivity contribution is 5.99. The van der Waals surface area contributed by atoms with Crippen LogP contribution >= 0.6 is 0 Å². The molecule has 6 nitrogen and oxygen atoms in total. The van der Waals surface area contributed by atoms with Crippen LogP contribution in [0.2, 0.25) is 0 Å². The van der Waals surface area contributed by atoms with Crippen LogP contribution in [0.1, 0.15) is 54.1 Å². The highest BCUT2D eigenvalue weighted by Crippen LogP contribution is 2.24. The average Bonchev–Trinajstić information content (AvgIpc) is 3.31. The summed E-state index contributed by atoms with van der Waals surface area (Å²) >= 11 is 0. The molecule has 1 amide bonds. The molecule has 6 heteroatoms. The molecule has 0 aliphatic heterocycles. The number of primary amides is 1. The Bertz CT molecular complexity index is 1170. The van der Waals surface area contributed by atoms with Gasteiger partial charge in [-0.3, -0.25) is 9.36 Å². The predicted molar refractivity (Wildman–Crippen MR) is 118 cm³/mol. The Morgan fingerprint density at radius 1 is 1.07 bits per heavy atom. The molecule has 4 rings (SSSR count). The zero-order chi connectivity index (χ0) is 21.1. The van der Waals surface area contributed by atoms with Crippen molar-refractivity contribution in [3.8, 4) is 11.1 Å². The van der Waals surface area contributed by atoms with Crippen molar-refractivity contribution in [2.75, 3.05) is 0 Å². The molecule has 0 radical (unpaired) electrons. The minimum atomic E-state index is -0.415. The normalized spacial score (nSPS) is 11.3. The number of carbonyl (C=O) groups is 1. The molecule has 0 spiro atoms. The van der Waals surface area contributed by atoms with E-state index in [1.165, 1.54) is 0 Å². The van der Waals surface area contributed by atoms with Gasteiger partial charge in [-0.25, -0.2) is 9.50 Å². The molecular formula is C24H27N5O. The van der Waals surface area contributed by atoms with Gasteiger partial charge in [0.1, 0.15) is 5.82 Å². The number of amides is 1. The highest BCUT2D eigenvalue weighted by atomic mass is 16.1. The van der Waals surface area contributed by atoms with Gasteiger partial charge in [-0.15, -0.1) is 0 Å². The molecule has 0 aliphatic rings. The number of unbranched alkanes of at least 4 members (excludes halogenated alkanes) is 1. The quantitative estimate of drug-likeness (QED) is 0.479. The Morgan fingerprint density at radius 3 is 2.53 bits per heavy atom. The first-order chi connectivity index (χ1) is 14.6. The lowest BCUT2D eigenvalue weighted by molar-refractivity contribution is 0.100. The highest BCUT2D eigenvalue weighted by Gasteiger charge is 2.15. The van der Waals surface area contributed by atoms with E-state index in [2.05, 4.69) is 30.5 Å². The molecule has 2 aromatic heterocycles. The first kappa shape index (κ1) is 19.9. The lowest BCUT2D eigenvalue weighted by Gasteiger charge is -2.10. The van der Waals surface area contributed by atoms with Crippen molar-refractivity contribution in [2.24, 2.45) is 5.73 Å². The van der Waals surface area contributed by atoms with E-state index in [4.69, 9.17) is 15.8 Å². The van der Waals surface area contributed by atoms with E-state index in [0.29, 0.717) is 12.1 Å². The maximum Gasteiger partial charge on any atom is 0.249 e. The Kier molecular flexibility index (Phi) is 5.65. The molecule has 154 valence electrons. The molecule has 0 saturated heterocycles. The van der Waals surface area contributed by atoms with Crippen LogP contribution in [0.4, 0.5) is 0 Å². The Labute approximate surface area is 176 Å². The average molecular weight is 402 g/mol. The van der Waals surface area contributed by atoms with E-state index in [0.717, 1.165) is 59.7 Å². The summed E-state index contributed by atoms with van der Waals surface area (Å²) < 4.78 is 4.11. The lowest BCUT2D eigenvalue weighted by atomic mass is 9.98. The zero-order valence-corrected chi connectivity index (χ0v) is 17.5. The monoisotopic (exact) mass is 401 g/mol. The molecule has 30 heavy (non-hydrogen) atoms. The number of hydrogen-bond acceptors (Lipinski definition) is 3. The second-order valence-electron chi connectivity index (χ2n) is 7.54. The molecule has 0 atom stereocenters. The first-order valence-electron chi connectivity index (χ1n) is 10.5. The Balaban J connectivity index is 1.65. The van der Waals surface area contributed by atoms with Crippen LogP contribution < -0.4 is 5.73 Å². The van der Waals surface area contributed by atoms with E-state index in [1.807, 2.05) is 41.0 Å². The fourth-order valence-corrected chi connectivity index (χ4v) is 3.73. The van der Waals surface area contributed by atoms with Gasteiger partial charge in [0.15, 0.2) is 0 Å². The Hall–Kier alpha value is -3.41. The molecule has 0 fully saturated rings. The summed E-state index contributed by atoms with van der Waals surface area (Å²) in [4.78, 5) is 16.5. The summed E-state index contributed by atoms with van der Waals surface area (Å²) in [7, 11) is 0. The van der Waals surface area contributed by atoms with Crippen LogP contribution in [0.5, 0.6) is 0 Å². The van der Waals surface area contributed by atoms with Crippen LogP contribution in [0.3, 0.4) is 0 Å². The molecule has 2 N–H and O–H groups in total. The second-order valence-corrected chi connectivity index (χ2v) is 7.54. The van der Waals surface area contributed by atoms with Gasteiger partial charge < -0.3 is 5.73 Å². The molecule has 0 unspecified atom stereocenters. The number of imidazole rings is 1. The van der Waals surface area contributed by atoms with Crippen LogP contribution in [0.15, 0.2) is 54.7 Å². The van der Waals surface area contributed by atoms with Crippen LogP contribution in [0, 0.1) is 0 Å². The van der Waals surface area contributed by atoms with Crippen LogP contribution in [-0.2, 0) is 19.4 Å². The summed E-state index contributed by atoms with van der Waals surface area (Å²) in [5.74, 6) is 1.54. The van der Waals surface area contributed by atoms with Crippen molar-refractivity contribution < 1.29 is 4.79 Å². The predicted octanol–water partition coefficient (Wildman–Crippen LogP) is 4.25. The number of nitrogens with zero attached hydrogens (tertiary/aromatic N) is 4. The summed E-state index contributed by atoms with van der Waals surface area (Å²) in [6.07, 6.45) is 6.07. The minimum Gasteiger partial charge on any atom is -0.366 e. The molecule has 2 heterocycles. The van der Waals surface area contributed by atoms with Gasteiger partial charge in [-0.2, -0.15) is 5.10 Å². The van der Waals surface area contributed by atoms with Crippen LogP contribution in [0.25, 0.3) is 16.9 Å². The number of benzene rings is 2. The van der Waals surface area contributed by atoms with Crippen molar-refractivity contribution in [2.45, 2.75) is 46.1 Å². The number of carbonyl (C=O) groups excluding carboxylic acids is 1. The maximum atomic E-state index is 11.8. The third-order valence-corrected chi connectivity index (χ3v) is 5.41. The summed E-state index contributed by atoms with van der Waals surface area (Å²) in [5, 5.41) is 4.78. The van der Waals surface area contributed by atoms with Crippen molar-refractivity contribution in [1.82, 2.24) is 19.2 Å². The minimum absolute atomic E-state index is 0.415. The van der Waals surface area contributed by atoms with Crippen molar-refractivity contribution >= 4 is 11.7 Å². The largest absolute Gasteiger partial charge is 0.366 e. The number of aryl methyl sites for hydroxylation is 2. The third-order valence-electron chi connectivity index (χ3n) is 5.41. The summed E-state index contributed by atoms with van der Waals surface area (Å²) in [6, 6.07) is 15.7. The van der Waals surface area contributed by atoms with Gasteiger partial charge in [0, 0.05) is 12.0 Å². The van der Waals surface area contributed by atoms with Gasteiger partial charge in [-0.1, -0.05) is 62.7 Å². The number of aromatic nitrogens is 4. The number of rotatable bonds is 8. The Morgan fingerprint density at radius 2 is 1.83 bits per heavy atom. The number of nitrogens with two attached hydrogens (primary N) is 1. The first-order valence-corrected chi connectivity index (χ1v) is 10.5. The van der Waals surface area contributed by atoms with Gasteiger partial charge >= 0.3 is 0 Å². The van der Waals surface area contributed by atoms with Gasteiger partial charge in [-0.05, 0) is 35.6 Å². The van der Waals surface area contributed by atoms with E-state index in [1.54, 1.807) is 6.07 Å². The fraction of sp³-hybridized carbons (Fsp3) is 0.292. The van der Waals surface area contributed by atoms with Gasteiger partial charge in [0.05, 0.1) is 18.4 Å². The van der Waals surface area contributed by atoms with Crippen LogP contribution in [-0.4, -0.2) is 25.1 Å². The summed E-state index contributed by atoms with van der Waals surface area (Å²) in [5.41, 5.74) is 10.1. The van der Waals surface area contributed by atoms with Crippen molar-refractivity contribution in [3.63, 3.8) is 0 Å². The molecule has 4 aromatic rings.